The number of benzene rings is 2. The lowest BCUT2D eigenvalue weighted by atomic mass is 10.2. The van der Waals surface area contributed by atoms with Crippen LogP contribution in [0, 0.1) is 11.6 Å². The second kappa shape index (κ2) is 6.73. The van der Waals surface area contributed by atoms with Crippen molar-refractivity contribution in [2.75, 3.05) is 0 Å². The van der Waals surface area contributed by atoms with Crippen molar-refractivity contribution >= 4 is 31.9 Å². The van der Waals surface area contributed by atoms with Crippen molar-refractivity contribution in [3.8, 4) is 0 Å². The van der Waals surface area contributed by atoms with Crippen molar-refractivity contribution in [3.63, 3.8) is 0 Å². The van der Waals surface area contributed by atoms with E-state index in [4.69, 9.17) is 9.88 Å². The van der Waals surface area contributed by atoms with Crippen LogP contribution in [0.1, 0.15) is 15.9 Å². The van der Waals surface area contributed by atoms with Crippen LogP contribution in [0.4, 0.5) is 8.78 Å². The molecular weight excluding hydrogens is 396 g/mol. The zero-order chi connectivity index (χ0) is 17.2. The lowest BCUT2D eigenvalue weighted by molar-refractivity contribution is 0.0466. The van der Waals surface area contributed by atoms with Gasteiger partial charge in [-0.2, -0.15) is 0 Å². The zero-order valence-electron chi connectivity index (χ0n) is 11.4. The van der Waals surface area contributed by atoms with Crippen LogP contribution in [0.3, 0.4) is 0 Å². The van der Waals surface area contributed by atoms with Crippen molar-refractivity contribution < 1.29 is 26.7 Å². The topological polar surface area (TPSA) is 86.5 Å². The number of sulfonamides is 1. The van der Waals surface area contributed by atoms with Crippen LogP contribution >= 0.6 is 15.9 Å². The molecule has 0 aliphatic carbocycles. The van der Waals surface area contributed by atoms with Crippen LogP contribution in [0.2, 0.25) is 0 Å². The molecule has 0 atom stereocenters. The first-order valence-electron chi connectivity index (χ1n) is 6.12. The molecule has 9 heteroatoms. The van der Waals surface area contributed by atoms with Crippen LogP contribution in [0.5, 0.6) is 0 Å². The Morgan fingerprint density at radius 3 is 2.48 bits per heavy atom. The summed E-state index contributed by atoms with van der Waals surface area (Å²) in [6.45, 7) is -0.251. The molecule has 0 saturated carbocycles. The molecule has 0 heterocycles. The molecule has 0 aromatic heterocycles. The highest BCUT2D eigenvalue weighted by molar-refractivity contribution is 9.10. The predicted molar refractivity (Wildman–Crippen MR) is 81.0 cm³/mol. The molecule has 2 aromatic rings. The molecule has 0 radical (unpaired) electrons. The standard InChI is InChI=1S/C14H10BrF2NO4S/c15-12-5-9(16)2-1-8(12)7-22-14(19)11-6-10(23(18,20)21)3-4-13(11)17/h1-6H,7H2,(H2,18,20,21). The summed E-state index contributed by atoms with van der Waals surface area (Å²) in [7, 11) is -4.08. The molecule has 2 aromatic carbocycles. The fraction of sp³-hybridized carbons (Fsp3) is 0.0714. The fourth-order valence-corrected chi connectivity index (χ4v) is 2.70. The van der Waals surface area contributed by atoms with Gasteiger partial charge in [-0.05, 0) is 30.3 Å². The van der Waals surface area contributed by atoms with Crippen LogP contribution in [0.25, 0.3) is 0 Å². The maximum Gasteiger partial charge on any atom is 0.341 e. The largest absolute Gasteiger partial charge is 0.457 e. The Labute approximate surface area is 139 Å². The number of primary sulfonamides is 1. The Kier molecular flexibility index (Phi) is 5.12. The number of nitrogens with two attached hydrogens (primary N) is 1. The van der Waals surface area contributed by atoms with Crippen molar-refractivity contribution in [2.45, 2.75) is 11.5 Å². The van der Waals surface area contributed by atoms with E-state index in [1.807, 2.05) is 0 Å². The van der Waals surface area contributed by atoms with E-state index in [1.54, 1.807) is 0 Å². The molecule has 0 aliphatic heterocycles. The number of esters is 1. The minimum absolute atomic E-state index is 0.251. The minimum Gasteiger partial charge on any atom is -0.457 e. The summed E-state index contributed by atoms with van der Waals surface area (Å²) in [5.41, 5.74) is -0.0995. The van der Waals surface area contributed by atoms with Crippen LogP contribution < -0.4 is 5.14 Å². The smallest absolute Gasteiger partial charge is 0.341 e. The monoisotopic (exact) mass is 405 g/mol. The Hall–Kier alpha value is -1.84. The lowest BCUT2D eigenvalue weighted by Gasteiger charge is -2.08. The van der Waals surface area contributed by atoms with Gasteiger partial charge in [-0.3, -0.25) is 0 Å². The van der Waals surface area contributed by atoms with Crippen molar-refractivity contribution in [2.24, 2.45) is 5.14 Å². The molecule has 0 unspecified atom stereocenters. The van der Waals surface area contributed by atoms with E-state index < -0.39 is 38.1 Å². The summed E-state index contributed by atoms with van der Waals surface area (Å²) in [4.78, 5) is 11.5. The number of hydrogen-bond acceptors (Lipinski definition) is 4. The first-order chi connectivity index (χ1) is 10.7. The predicted octanol–water partition coefficient (Wildman–Crippen LogP) is 2.73. The average Bonchev–Trinajstić information content (AvgIpc) is 2.45. The molecule has 2 rings (SSSR count). The van der Waals surface area contributed by atoms with E-state index in [1.165, 1.54) is 18.2 Å². The summed E-state index contributed by atoms with van der Waals surface area (Å²) in [5.74, 6) is -2.48. The average molecular weight is 406 g/mol. The SMILES string of the molecule is NS(=O)(=O)c1ccc(F)c(C(=O)OCc2ccc(F)cc2Br)c1. The molecule has 0 bridgehead atoms. The van der Waals surface area contributed by atoms with Gasteiger partial charge in [-0.25, -0.2) is 27.1 Å². The number of rotatable bonds is 4. The summed E-state index contributed by atoms with van der Waals surface area (Å²) in [6.07, 6.45) is 0. The maximum absolute atomic E-state index is 13.7. The third-order valence-corrected chi connectivity index (χ3v) is 4.51. The summed E-state index contributed by atoms with van der Waals surface area (Å²) in [5, 5.41) is 4.93. The molecule has 2 N–H and O–H groups in total. The number of halogens is 3. The van der Waals surface area contributed by atoms with Gasteiger partial charge in [0.05, 0.1) is 10.5 Å². The Bertz CT molecular complexity index is 871. The molecule has 0 fully saturated rings. The van der Waals surface area contributed by atoms with Crippen molar-refractivity contribution in [1.29, 1.82) is 0 Å². The van der Waals surface area contributed by atoms with Gasteiger partial charge in [0.1, 0.15) is 18.2 Å². The normalized spacial score (nSPS) is 11.3. The van der Waals surface area contributed by atoms with Gasteiger partial charge in [0.15, 0.2) is 0 Å². The number of ether oxygens (including phenoxy) is 1. The van der Waals surface area contributed by atoms with Crippen molar-refractivity contribution in [1.82, 2.24) is 0 Å². The molecule has 0 saturated heterocycles. The van der Waals surface area contributed by atoms with E-state index in [2.05, 4.69) is 15.9 Å². The Morgan fingerprint density at radius 1 is 1.17 bits per heavy atom. The molecule has 5 nitrogen and oxygen atoms in total. The molecule has 0 amide bonds. The van der Waals surface area contributed by atoms with E-state index >= 15 is 0 Å². The highest BCUT2D eigenvalue weighted by atomic mass is 79.9. The summed E-state index contributed by atoms with van der Waals surface area (Å²) in [6, 6.07) is 6.31. The van der Waals surface area contributed by atoms with E-state index in [-0.39, 0.29) is 6.61 Å². The maximum atomic E-state index is 13.7. The third kappa shape index (κ3) is 4.34. The number of carbonyl (C=O) groups excluding carboxylic acids is 1. The lowest BCUT2D eigenvalue weighted by Crippen LogP contribution is -2.15. The van der Waals surface area contributed by atoms with Crippen LogP contribution in [-0.2, 0) is 21.4 Å². The number of carbonyl (C=O) groups is 1. The molecule has 0 spiro atoms. The fourth-order valence-electron chi connectivity index (χ4n) is 1.70. The van der Waals surface area contributed by atoms with E-state index in [9.17, 15) is 22.0 Å². The highest BCUT2D eigenvalue weighted by Crippen LogP contribution is 2.20. The number of hydrogen-bond donors (Lipinski definition) is 1. The summed E-state index contributed by atoms with van der Waals surface area (Å²) < 4.78 is 54.4. The van der Waals surface area contributed by atoms with Crippen LogP contribution in [0.15, 0.2) is 45.8 Å². The van der Waals surface area contributed by atoms with Crippen molar-refractivity contribution in [3.05, 3.63) is 63.6 Å². The first kappa shape index (κ1) is 17.5. The van der Waals surface area contributed by atoms with Gasteiger partial charge in [-0.1, -0.05) is 22.0 Å². The van der Waals surface area contributed by atoms with Gasteiger partial charge >= 0.3 is 5.97 Å². The molecular formula is C14H10BrF2NO4S. The van der Waals surface area contributed by atoms with E-state index in [0.717, 1.165) is 18.2 Å². The highest BCUT2D eigenvalue weighted by Gasteiger charge is 2.18. The summed E-state index contributed by atoms with van der Waals surface area (Å²) >= 11 is 3.10. The second-order valence-electron chi connectivity index (χ2n) is 4.50. The van der Waals surface area contributed by atoms with Gasteiger partial charge in [0, 0.05) is 10.0 Å². The Balaban J connectivity index is 2.21. The van der Waals surface area contributed by atoms with Gasteiger partial charge in [0.25, 0.3) is 0 Å². The minimum atomic E-state index is -4.08. The van der Waals surface area contributed by atoms with Gasteiger partial charge in [-0.15, -0.1) is 0 Å². The molecule has 0 aliphatic rings. The van der Waals surface area contributed by atoms with Gasteiger partial charge < -0.3 is 4.74 Å². The van der Waals surface area contributed by atoms with E-state index in [0.29, 0.717) is 10.0 Å². The quantitative estimate of drug-likeness (QED) is 0.792. The first-order valence-corrected chi connectivity index (χ1v) is 8.46. The molecule has 23 heavy (non-hydrogen) atoms. The third-order valence-electron chi connectivity index (χ3n) is 2.86. The van der Waals surface area contributed by atoms with Gasteiger partial charge in [0.2, 0.25) is 10.0 Å². The zero-order valence-corrected chi connectivity index (χ0v) is 13.8. The van der Waals surface area contributed by atoms with Crippen LogP contribution in [-0.4, -0.2) is 14.4 Å². The Morgan fingerprint density at radius 2 is 1.87 bits per heavy atom. The second-order valence-corrected chi connectivity index (χ2v) is 6.91. The molecule has 122 valence electrons.